The maximum atomic E-state index is 12.9. The van der Waals surface area contributed by atoms with Crippen molar-refractivity contribution >= 4 is 22.8 Å². The van der Waals surface area contributed by atoms with Gasteiger partial charge in [-0.1, -0.05) is 43.2 Å². The summed E-state index contributed by atoms with van der Waals surface area (Å²) in [6, 6.07) is 14.3. The molecule has 1 atom stereocenters. The fraction of sp³-hybridized carbons (Fsp3) is 0.385. The Hall–Kier alpha value is -3.48. The third kappa shape index (κ3) is 4.97. The van der Waals surface area contributed by atoms with Gasteiger partial charge in [0.1, 0.15) is 5.82 Å². The molecule has 1 aromatic heterocycles. The van der Waals surface area contributed by atoms with Crippen LogP contribution in [0, 0.1) is 0 Å². The van der Waals surface area contributed by atoms with E-state index in [0.29, 0.717) is 17.4 Å². The molecule has 0 saturated carbocycles. The Morgan fingerprint density at radius 1 is 1.09 bits per heavy atom. The average Bonchev–Trinajstić information content (AvgIpc) is 2.82. The van der Waals surface area contributed by atoms with Crippen molar-refractivity contribution in [2.45, 2.75) is 51.6 Å². The number of carbonyl (C=O) groups excluding carboxylic acids is 2. The summed E-state index contributed by atoms with van der Waals surface area (Å²) in [5, 5.41) is 0.489. The van der Waals surface area contributed by atoms with Gasteiger partial charge in [-0.25, -0.2) is 9.78 Å². The quantitative estimate of drug-likeness (QED) is 0.554. The van der Waals surface area contributed by atoms with Crippen molar-refractivity contribution in [3.05, 3.63) is 75.8 Å². The molecule has 172 valence electrons. The second-order valence-electron chi connectivity index (χ2n) is 8.55. The highest BCUT2D eigenvalue weighted by molar-refractivity contribution is 5.95. The van der Waals surface area contributed by atoms with E-state index in [-0.39, 0.29) is 29.7 Å². The van der Waals surface area contributed by atoms with Gasteiger partial charge in [-0.05, 0) is 43.5 Å². The van der Waals surface area contributed by atoms with Crippen molar-refractivity contribution in [3.8, 4) is 0 Å². The molecule has 3 aromatic rings. The molecule has 33 heavy (non-hydrogen) atoms. The zero-order chi connectivity index (χ0) is 23.4. The van der Waals surface area contributed by atoms with Crippen LogP contribution in [0.15, 0.2) is 53.3 Å². The first-order valence-electron chi connectivity index (χ1n) is 11.5. The molecule has 1 aliphatic rings. The number of benzene rings is 2. The monoisotopic (exact) mass is 447 g/mol. The molecule has 4 rings (SSSR count). The Morgan fingerprint density at radius 2 is 1.85 bits per heavy atom. The fourth-order valence-corrected chi connectivity index (χ4v) is 4.21. The van der Waals surface area contributed by atoms with E-state index >= 15 is 0 Å². The van der Waals surface area contributed by atoms with Gasteiger partial charge >= 0.3 is 5.97 Å². The van der Waals surface area contributed by atoms with Crippen molar-refractivity contribution in [1.29, 1.82) is 0 Å². The highest BCUT2D eigenvalue weighted by Crippen LogP contribution is 2.19. The molecular formula is C26H29N3O4. The normalized spacial score (nSPS) is 14.6. The second-order valence-corrected chi connectivity index (χ2v) is 8.55. The summed E-state index contributed by atoms with van der Waals surface area (Å²) in [5.74, 6) is -0.137. The van der Waals surface area contributed by atoms with Crippen LogP contribution in [0.4, 0.5) is 0 Å². The van der Waals surface area contributed by atoms with Crippen molar-refractivity contribution in [2.24, 2.45) is 0 Å². The lowest BCUT2D eigenvalue weighted by atomic mass is 10.1. The average molecular weight is 448 g/mol. The van der Waals surface area contributed by atoms with Crippen molar-refractivity contribution in [3.63, 3.8) is 0 Å². The predicted octanol–water partition coefficient (Wildman–Crippen LogP) is 3.89. The third-order valence-electron chi connectivity index (χ3n) is 6.39. The lowest BCUT2D eigenvalue weighted by molar-refractivity contribution is -0.135. The molecule has 0 aliphatic carbocycles. The number of nitrogens with zero attached hydrogens (tertiary/aromatic N) is 3. The minimum absolute atomic E-state index is 0.0662. The summed E-state index contributed by atoms with van der Waals surface area (Å²) >= 11 is 0. The molecule has 1 aliphatic heterocycles. The molecular weight excluding hydrogens is 418 g/mol. The zero-order valence-corrected chi connectivity index (χ0v) is 19.1. The van der Waals surface area contributed by atoms with Gasteiger partial charge in [0.05, 0.1) is 22.5 Å². The number of aryl methyl sites for hydroxylation is 1. The molecule has 0 bridgehead atoms. The standard InChI is InChI=1S/C26H29N3O4/c1-18(19-10-6-5-7-11-19)28(2)24(30)17-33-26(32)20-13-14-21-22(16-20)27-23-12-8-3-4-9-15-29(23)25(21)31/h5-7,10-11,13-14,16,18H,3-4,8-9,12,15,17H2,1-2H3. The number of rotatable bonds is 5. The third-order valence-corrected chi connectivity index (χ3v) is 6.39. The zero-order valence-electron chi connectivity index (χ0n) is 19.1. The number of carbonyl (C=O) groups is 2. The lowest BCUT2D eigenvalue weighted by Crippen LogP contribution is -2.33. The molecule has 1 amide bonds. The summed E-state index contributed by atoms with van der Waals surface area (Å²) < 4.78 is 7.05. The van der Waals surface area contributed by atoms with Gasteiger partial charge in [-0.2, -0.15) is 0 Å². The van der Waals surface area contributed by atoms with Gasteiger partial charge in [-0.15, -0.1) is 0 Å². The van der Waals surface area contributed by atoms with Crippen LogP contribution >= 0.6 is 0 Å². The van der Waals surface area contributed by atoms with Crippen LogP contribution < -0.4 is 5.56 Å². The van der Waals surface area contributed by atoms with E-state index in [2.05, 4.69) is 4.98 Å². The summed E-state index contributed by atoms with van der Waals surface area (Å²) in [4.78, 5) is 44.4. The molecule has 0 spiro atoms. The number of aromatic nitrogens is 2. The Morgan fingerprint density at radius 3 is 2.64 bits per heavy atom. The Kier molecular flexibility index (Phi) is 6.87. The second kappa shape index (κ2) is 9.98. The van der Waals surface area contributed by atoms with Crippen molar-refractivity contribution < 1.29 is 14.3 Å². The van der Waals surface area contributed by atoms with E-state index < -0.39 is 5.97 Å². The number of hydrogen-bond donors (Lipinski definition) is 0. The number of ether oxygens (including phenoxy) is 1. The highest BCUT2D eigenvalue weighted by atomic mass is 16.5. The lowest BCUT2D eigenvalue weighted by Gasteiger charge is -2.25. The van der Waals surface area contributed by atoms with Gasteiger partial charge in [0, 0.05) is 20.0 Å². The molecule has 7 heteroatoms. The van der Waals surface area contributed by atoms with Crippen LogP contribution in [0.5, 0.6) is 0 Å². The van der Waals surface area contributed by atoms with Crippen LogP contribution in [-0.2, 0) is 22.5 Å². The van der Waals surface area contributed by atoms with Gasteiger partial charge in [0.2, 0.25) is 0 Å². The molecule has 0 fully saturated rings. The Balaban J connectivity index is 1.47. The first-order valence-corrected chi connectivity index (χ1v) is 11.5. The first kappa shape index (κ1) is 22.7. The van der Waals surface area contributed by atoms with Crippen LogP contribution in [0.2, 0.25) is 0 Å². The fourth-order valence-electron chi connectivity index (χ4n) is 4.21. The largest absolute Gasteiger partial charge is 0.452 e. The smallest absolute Gasteiger partial charge is 0.338 e. The maximum Gasteiger partial charge on any atom is 0.338 e. The van der Waals surface area contributed by atoms with Crippen molar-refractivity contribution in [1.82, 2.24) is 14.5 Å². The Labute approximate surface area is 193 Å². The van der Waals surface area contributed by atoms with E-state index in [1.54, 1.807) is 34.7 Å². The van der Waals surface area contributed by atoms with Gasteiger partial charge in [0.15, 0.2) is 6.61 Å². The molecule has 7 nitrogen and oxygen atoms in total. The van der Waals surface area contributed by atoms with Crippen LogP contribution in [-0.4, -0.2) is 40.0 Å². The maximum absolute atomic E-state index is 12.9. The molecule has 0 saturated heterocycles. The predicted molar refractivity (Wildman–Crippen MR) is 126 cm³/mol. The van der Waals surface area contributed by atoms with E-state index in [4.69, 9.17) is 4.74 Å². The van der Waals surface area contributed by atoms with Gasteiger partial charge < -0.3 is 9.64 Å². The van der Waals surface area contributed by atoms with E-state index in [1.165, 1.54) is 0 Å². The summed E-state index contributed by atoms with van der Waals surface area (Å²) in [6.07, 6.45) is 4.96. The first-order chi connectivity index (χ1) is 16.0. The summed E-state index contributed by atoms with van der Waals surface area (Å²) in [7, 11) is 1.69. The molecule has 0 N–H and O–H groups in total. The number of esters is 1. The highest BCUT2D eigenvalue weighted by Gasteiger charge is 2.20. The summed E-state index contributed by atoms with van der Waals surface area (Å²) in [6.45, 7) is 2.25. The molecule has 1 unspecified atom stereocenters. The van der Waals surface area contributed by atoms with Crippen LogP contribution in [0.1, 0.15) is 60.4 Å². The minimum Gasteiger partial charge on any atom is -0.452 e. The number of fused-ring (bicyclic) bond motifs is 2. The van der Waals surface area contributed by atoms with E-state index in [9.17, 15) is 14.4 Å². The number of likely N-dealkylation sites (N-methyl/N-ethyl adjacent to an activating group) is 1. The van der Waals surface area contributed by atoms with Gasteiger partial charge in [0.25, 0.3) is 11.5 Å². The van der Waals surface area contributed by atoms with Crippen LogP contribution in [0.3, 0.4) is 0 Å². The van der Waals surface area contributed by atoms with Crippen LogP contribution in [0.25, 0.3) is 10.9 Å². The number of amides is 1. The molecule has 0 radical (unpaired) electrons. The SMILES string of the molecule is CC(c1ccccc1)N(C)C(=O)COC(=O)c1ccc2c(=O)n3c(nc2c1)CCCCCC3. The molecule has 2 aromatic carbocycles. The number of hydrogen-bond acceptors (Lipinski definition) is 5. The van der Waals surface area contributed by atoms with Gasteiger partial charge in [-0.3, -0.25) is 14.2 Å². The van der Waals surface area contributed by atoms with Crippen molar-refractivity contribution in [2.75, 3.05) is 13.7 Å². The van der Waals surface area contributed by atoms with E-state index in [0.717, 1.165) is 43.5 Å². The topological polar surface area (TPSA) is 81.5 Å². The molecule has 2 heterocycles. The van der Waals surface area contributed by atoms with E-state index in [1.807, 2.05) is 37.3 Å². The minimum atomic E-state index is -0.611. The summed E-state index contributed by atoms with van der Waals surface area (Å²) in [5.41, 5.74) is 1.70. The Bertz CT molecular complexity index is 1220.